The number of hydrogen-bond acceptors (Lipinski definition) is 8. The summed E-state index contributed by atoms with van der Waals surface area (Å²) in [6, 6.07) is 40.2. The van der Waals surface area contributed by atoms with Gasteiger partial charge in [0.2, 0.25) is 21.8 Å². The Morgan fingerprint density at radius 2 is 0.929 bits per heavy atom. The molecule has 14 nitrogen and oxygen atoms in total. The van der Waals surface area contributed by atoms with Gasteiger partial charge in [0.05, 0.1) is 73.8 Å². The molecule has 0 aliphatic carbocycles. The minimum atomic E-state index is -4.46. The van der Waals surface area contributed by atoms with Crippen LogP contribution in [0.3, 0.4) is 0 Å². The zero-order valence-electron chi connectivity index (χ0n) is 47.0. The van der Waals surface area contributed by atoms with Gasteiger partial charge in [0.1, 0.15) is 24.0 Å². The number of alkyl halides is 6. The smallest absolute Gasteiger partial charge is 0.416 e. The summed E-state index contributed by atoms with van der Waals surface area (Å²) in [5.74, 6) is 0.464. The molecule has 0 atom stereocenters. The molecule has 0 fully saturated rings. The fourth-order valence-corrected chi connectivity index (χ4v) is 10.5. The quantitative estimate of drug-likeness (QED) is 0.0842. The first kappa shape index (κ1) is 62.1. The van der Waals surface area contributed by atoms with Crippen LogP contribution in [0.2, 0.25) is 0 Å². The lowest BCUT2D eigenvalue weighted by atomic mass is 10.0. The topological polar surface area (TPSA) is 200 Å². The molecule has 2 amide bonds. The number of nitrogens with one attached hydrogen (secondary N) is 3. The fourth-order valence-electron chi connectivity index (χ4n) is 9.81. The van der Waals surface area contributed by atoms with Gasteiger partial charge in [-0.15, -0.1) is 0 Å². The maximum Gasteiger partial charge on any atom is 0.416 e. The molecule has 9 rings (SSSR count). The summed E-state index contributed by atoms with van der Waals surface area (Å²) in [4.78, 5) is 22.7. The third kappa shape index (κ3) is 13.5. The SMILES string of the molecule is CCC(=O)Nc1ccc(-c2c(C#N)c3ccc(C(F)(F)F)cc3n2CC)cc1.CCCn1c(-c2ccc(NS(=O)(=O)CC)cc2)c(C#N)c2ccc(OCC)cc21.CCn1c(-c2ccc(NC(C)=O)cc2)c(C#N)c2ccc(C(F)(F)F)cc21. The van der Waals surface area contributed by atoms with Crippen molar-refractivity contribution in [3.05, 3.63) is 155 Å². The molecule has 0 spiro atoms. The van der Waals surface area contributed by atoms with E-state index < -0.39 is 33.5 Å². The van der Waals surface area contributed by atoms with Crippen LogP contribution in [0, 0.1) is 34.0 Å². The Bertz CT molecular complexity index is 4140. The molecule has 6 aromatic carbocycles. The number of nitrogens with zero attached hydrogens (tertiary/aromatic N) is 6. The Morgan fingerprint density at radius 3 is 1.29 bits per heavy atom. The minimum Gasteiger partial charge on any atom is -0.494 e. The number of ether oxygens (including phenoxy) is 1. The summed E-state index contributed by atoms with van der Waals surface area (Å²) in [5, 5.41) is 36.5. The van der Waals surface area contributed by atoms with Gasteiger partial charge in [-0.3, -0.25) is 14.3 Å². The van der Waals surface area contributed by atoms with Gasteiger partial charge < -0.3 is 29.1 Å². The van der Waals surface area contributed by atoms with E-state index in [1.165, 1.54) is 19.1 Å². The number of carbonyl (C=O) groups excluding carboxylic acids is 2. The lowest BCUT2D eigenvalue weighted by molar-refractivity contribution is -0.138. The maximum atomic E-state index is 13.1. The van der Waals surface area contributed by atoms with E-state index in [0.29, 0.717) is 104 Å². The van der Waals surface area contributed by atoms with Crippen LogP contribution in [0.15, 0.2) is 127 Å². The van der Waals surface area contributed by atoms with Crippen molar-refractivity contribution in [2.45, 2.75) is 93.3 Å². The summed E-state index contributed by atoms with van der Waals surface area (Å²) in [6.45, 7) is 14.6. The predicted molar refractivity (Wildman–Crippen MR) is 315 cm³/mol. The van der Waals surface area contributed by atoms with E-state index in [2.05, 4.69) is 45.1 Å². The van der Waals surface area contributed by atoms with E-state index in [4.69, 9.17) is 4.74 Å². The van der Waals surface area contributed by atoms with Gasteiger partial charge in [0.15, 0.2) is 0 Å². The summed E-state index contributed by atoms with van der Waals surface area (Å²) in [6.07, 6.45) is -7.64. The van der Waals surface area contributed by atoms with Gasteiger partial charge >= 0.3 is 12.4 Å². The van der Waals surface area contributed by atoms with Gasteiger partial charge in [-0.25, -0.2) is 8.42 Å². The van der Waals surface area contributed by atoms with Crippen molar-refractivity contribution >= 4 is 71.6 Å². The maximum absolute atomic E-state index is 13.1. The molecule has 0 bridgehead atoms. The number of benzene rings is 6. The lowest BCUT2D eigenvalue weighted by Gasteiger charge is -2.12. The molecule has 84 heavy (non-hydrogen) atoms. The van der Waals surface area contributed by atoms with Crippen molar-refractivity contribution < 1.29 is 49.1 Å². The van der Waals surface area contributed by atoms with Crippen LogP contribution in [-0.2, 0) is 51.6 Å². The van der Waals surface area contributed by atoms with Gasteiger partial charge in [-0.05, 0) is 124 Å². The van der Waals surface area contributed by atoms with Crippen molar-refractivity contribution in [2.24, 2.45) is 0 Å². The number of halogens is 6. The average Bonchev–Trinajstić information content (AvgIpc) is 2.07. The molecule has 0 aliphatic heterocycles. The second-order valence-electron chi connectivity index (χ2n) is 19.0. The Morgan fingerprint density at radius 1 is 0.536 bits per heavy atom. The Hall–Kier alpha value is -9.52. The first-order chi connectivity index (χ1) is 40.0. The third-order valence-corrected chi connectivity index (χ3v) is 14.9. The number of carbonyl (C=O) groups is 2. The molecular formula is C63H59F6N9O5S. The highest BCUT2D eigenvalue weighted by Gasteiger charge is 2.33. The van der Waals surface area contributed by atoms with Gasteiger partial charge in [0, 0.05) is 72.3 Å². The zero-order chi connectivity index (χ0) is 61.3. The number of anilines is 3. The van der Waals surface area contributed by atoms with E-state index in [-0.39, 0.29) is 17.6 Å². The van der Waals surface area contributed by atoms with Crippen LogP contribution in [0.5, 0.6) is 5.75 Å². The van der Waals surface area contributed by atoms with Gasteiger partial charge in [-0.1, -0.05) is 62.4 Å². The van der Waals surface area contributed by atoms with Crippen LogP contribution in [0.4, 0.5) is 43.4 Å². The Kier molecular flexibility index (Phi) is 19.3. The summed E-state index contributed by atoms with van der Waals surface area (Å²) < 4.78 is 116. The van der Waals surface area contributed by atoms with E-state index in [0.717, 1.165) is 65.1 Å². The number of fused-ring (bicyclic) bond motifs is 3. The molecule has 9 aromatic rings. The summed E-state index contributed by atoms with van der Waals surface area (Å²) in [7, 11) is -3.33. The zero-order valence-corrected chi connectivity index (χ0v) is 47.8. The Labute approximate surface area is 482 Å². The first-order valence-corrected chi connectivity index (χ1v) is 28.5. The van der Waals surface area contributed by atoms with Crippen LogP contribution in [0.1, 0.15) is 89.1 Å². The largest absolute Gasteiger partial charge is 0.494 e. The van der Waals surface area contributed by atoms with Crippen molar-refractivity contribution in [1.29, 1.82) is 15.8 Å². The highest BCUT2D eigenvalue weighted by Crippen LogP contribution is 2.41. The van der Waals surface area contributed by atoms with Crippen molar-refractivity contribution in [1.82, 2.24) is 13.7 Å². The monoisotopic (exact) mass is 1170 g/mol. The molecule has 0 aliphatic rings. The predicted octanol–water partition coefficient (Wildman–Crippen LogP) is 15.5. The Balaban J connectivity index is 0.000000181. The van der Waals surface area contributed by atoms with Crippen molar-refractivity contribution in [2.75, 3.05) is 27.7 Å². The van der Waals surface area contributed by atoms with Crippen LogP contribution >= 0.6 is 0 Å². The second-order valence-corrected chi connectivity index (χ2v) is 21.0. The molecular weight excluding hydrogens is 1110 g/mol. The molecule has 0 radical (unpaired) electrons. The molecule has 3 N–H and O–H groups in total. The number of nitriles is 3. The fraction of sp³-hybridized carbons (Fsp3) is 0.254. The van der Waals surface area contributed by atoms with Crippen LogP contribution < -0.4 is 20.1 Å². The number of amides is 2. The normalized spacial score (nSPS) is 11.4. The second kappa shape index (κ2) is 26.2. The van der Waals surface area contributed by atoms with Crippen molar-refractivity contribution in [3.8, 4) is 57.7 Å². The molecule has 3 aromatic heterocycles. The van der Waals surface area contributed by atoms with E-state index >= 15 is 0 Å². The number of aromatic nitrogens is 3. The standard InChI is InChI=1S/C22H25N3O3S.C21H18F3N3O.C20H16F3N3O/c1-4-13-25-21-14-18(28-5-2)11-12-19(21)20(15-23)22(25)16-7-9-17(10-8-16)24-29(26,27)6-3;1-3-19(28)26-15-8-5-13(6-9-15)20-17(12-25)16-10-7-14(21(22,23)24)11-18(16)27(20)4-2;1-3-26-18-10-14(20(21,22)23)6-9-16(18)17(11-24)19(26)13-4-7-15(8-5-13)25-12(2)27/h7-12,14,24H,4-6,13H2,1-3H3;5-11H,3-4H2,1-2H3,(H,26,28);4-10H,3H2,1-2H3,(H,25,27). The lowest BCUT2D eigenvalue weighted by Crippen LogP contribution is -2.14. The summed E-state index contributed by atoms with van der Waals surface area (Å²) in [5.41, 5.74) is 7.38. The minimum absolute atomic E-state index is 0.0141. The highest BCUT2D eigenvalue weighted by atomic mass is 32.2. The number of rotatable bonds is 15. The first-order valence-electron chi connectivity index (χ1n) is 26.8. The van der Waals surface area contributed by atoms with Crippen LogP contribution in [-0.4, -0.2) is 46.3 Å². The number of hydrogen-bond donors (Lipinski definition) is 3. The number of sulfonamides is 1. The van der Waals surface area contributed by atoms with Crippen molar-refractivity contribution in [3.63, 3.8) is 0 Å². The van der Waals surface area contributed by atoms with E-state index in [1.807, 2.05) is 51.1 Å². The third-order valence-electron chi connectivity index (χ3n) is 13.6. The molecule has 434 valence electrons. The molecule has 21 heteroatoms. The van der Waals surface area contributed by atoms with Crippen LogP contribution in [0.25, 0.3) is 66.5 Å². The van der Waals surface area contributed by atoms with Gasteiger partial charge in [0.25, 0.3) is 0 Å². The molecule has 0 unspecified atom stereocenters. The summed E-state index contributed by atoms with van der Waals surface area (Å²) >= 11 is 0. The average molecular weight is 1170 g/mol. The molecule has 0 saturated carbocycles. The molecule has 3 heterocycles. The molecule has 0 saturated heterocycles. The van der Waals surface area contributed by atoms with E-state index in [9.17, 15) is 60.1 Å². The highest BCUT2D eigenvalue weighted by molar-refractivity contribution is 7.92. The van der Waals surface area contributed by atoms with E-state index in [1.54, 1.807) is 83.6 Å². The van der Waals surface area contributed by atoms with Gasteiger partial charge in [-0.2, -0.15) is 42.1 Å². The number of aryl methyl sites for hydroxylation is 3.